The van der Waals surface area contributed by atoms with Gasteiger partial charge in [-0.05, 0) is 43.4 Å². The van der Waals surface area contributed by atoms with Crippen LogP contribution in [0.25, 0.3) is 0 Å². The molecule has 2 heterocycles. The number of carbonyl (C=O) groups is 1. The summed E-state index contributed by atoms with van der Waals surface area (Å²) in [7, 11) is 2.87. The second-order valence-electron chi connectivity index (χ2n) is 9.18. The topological polar surface area (TPSA) is 138 Å². The second kappa shape index (κ2) is 12.6. The van der Waals surface area contributed by atoms with E-state index < -0.39 is 5.97 Å². The molecular formula is C25H34ClN5O6. The lowest BCUT2D eigenvalue weighted by molar-refractivity contribution is 0.00314. The Kier molecular flexibility index (Phi) is 9.25. The van der Waals surface area contributed by atoms with E-state index in [9.17, 15) is 15.0 Å². The van der Waals surface area contributed by atoms with Crippen LogP contribution < -0.4 is 20.3 Å². The van der Waals surface area contributed by atoms with Crippen molar-refractivity contribution in [1.82, 2.24) is 9.97 Å². The number of aliphatic hydroxyl groups excluding tert-OH is 2. The summed E-state index contributed by atoms with van der Waals surface area (Å²) in [5.41, 5.74) is 1.06. The predicted molar refractivity (Wildman–Crippen MR) is 140 cm³/mol. The van der Waals surface area contributed by atoms with Gasteiger partial charge in [-0.15, -0.1) is 0 Å². The first-order chi connectivity index (χ1) is 17.9. The third-order valence-electron chi connectivity index (χ3n) is 6.63. The van der Waals surface area contributed by atoms with Crippen molar-refractivity contribution < 1.29 is 29.2 Å². The number of nitrogens with one attached hydrogen (secondary N) is 2. The zero-order valence-electron chi connectivity index (χ0n) is 21.1. The molecule has 2 fully saturated rings. The summed E-state index contributed by atoms with van der Waals surface area (Å²) >= 11 is 6.29. The highest BCUT2D eigenvalue weighted by molar-refractivity contribution is 6.32. The van der Waals surface area contributed by atoms with Gasteiger partial charge < -0.3 is 40.0 Å². The average Bonchev–Trinajstić information content (AvgIpc) is 2.92. The van der Waals surface area contributed by atoms with E-state index in [4.69, 9.17) is 35.8 Å². The van der Waals surface area contributed by atoms with Crippen molar-refractivity contribution in [3.8, 4) is 5.75 Å². The van der Waals surface area contributed by atoms with Crippen LogP contribution in [-0.2, 0) is 16.0 Å². The first-order valence-corrected chi connectivity index (χ1v) is 12.8. The Morgan fingerprint density at radius 3 is 2.65 bits per heavy atom. The van der Waals surface area contributed by atoms with E-state index >= 15 is 0 Å². The van der Waals surface area contributed by atoms with E-state index in [1.807, 2.05) is 11.0 Å². The molecule has 1 aromatic heterocycles. The van der Waals surface area contributed by atoms with Crippen LogP contribution >= 0.6 is 11.6 Å². The number of rotatable bonds is 9. The second-order valence-corrected chi connectivity index (χ2v) is 9.59. The standard InChI is InChI=1S/C25H34ClN5O6/c1-35-20-8-3-15(11-19(20)26)12-27-22-21(24(34)36-2)23(28-16-4-6-17(33)7-5-16)30-25(29-22)31-9-10-37-18(13-31)14-32/h3,8,11,16-18,32-33H,4-7,9-10,12-14H2,1-2H3,(H2,27,28,29,30). The molecule has 1 aromatic carbocycles. The molecule has 0 radical (unpaired) electrons. The quantitative estimate of drug-likeness (QED) is 0.352. The van der Waals surface area contributed by atoms with Crippen molar-refractivity contribution in [1.29, 1.82) is 0 Å². The number of anilines is 3. The zero-order valence-corrected chi connectivity index (χ0v) is 21.8. The molecule has 202 valence electrons. The van der Waals surface area contributed by atoms with Gasteiger partial charge in [0.05, 0.1) is 44.7 Å². The number of aliphatic hydroxyl groups is 2. The van der Waals surface area contributed by atoms with Gasteiger partial charge in [0, 0.05) is 25.7 Å². The maximum absolute atomic E-state index is 13.0. The molecule has 1 aliphatic heterocycles. The van der Waals surface area contributed by atoms with E-state index in [0.29, 0.717) is 67.4 Å². The summed E-state index contributed by atoms with van der Waals surface area (Å²) < 4.78 is 15.9. The van der Waals surface area contributed by atoms with Crippen molar-refractivity contribution in [3.63, 3.8) is 0 Å². The number of aromatic nitrogens is 2. The molecule has 0 amide bonds. The number of hydrogen-bond acceptors (Lipinski definition) is 11. The minimum atomic E-state index is -0.574. The highest BCUT2D eigenvalue weighted by atomic mass is 35.5. The molecule has 0 spiro atoms. The lowest BCUT2D eigenvalue weighted by atomic mass is 9.93. The van der Waals surface area contributed by atoms with E-state index in [1.54, 1.807) is 19.2 Å². The SMILES string of the molecule is COC(=O)c1c(NCc2ccc(OC)c(Cl)c2)nc(N2CCOC(CO)C2)nc1NC1CCC(O)CC1. The molecule has 1 saturated carbocycles. The van der Waals surface area contributed by atoms with Crippen molar-refractivity contribution in [2.75, 3.05) is 56.1 Å². The summed E-state index contributed by atoms with van der Waals surface area (Å²) in [6, 6.07) is 5.47. The van der Waals surface area contributed by atoms with Crippen LogP contribution in [0.4, 0.5) is 17.6 Å². The monoisotopic (exact) mass is 535 g/mol. The fourth-order valence-corrected chi connectivity index (χ4v) is 4.83. The number of methoxy groups -OCH3 is 2. The first-order valence-electron chi connectivity index (χ1n) is 12.4. The van der Waals surface area contributed by atoms with E-state index in [0.717, 1.165) is 18.4 Å². The maximum Gasteiger partial charge on any atom is 0.345 e. The number of benzene rings is 1. The molecule has 2 aromatic rings. The lowest BCUT2D eigenvalue weighted by Gasteiger charge is -2.33. The molecule has 1 unspecified atom stereocenters. The molecule has 37 heavy (non-hydrogen) atoms. The van der Waals surface area contributed by atoms with Crippen molar-refractivity contribution >= 4 is 35.2 Å². The van der Waals surface area contributed by atoms with Gasteiger partial charge in [-0.25, -0.2) is 4.79 Å². The maximum atomic E-state index is 13.0. The Balaban J connectivity index is 1.68. The van der Waals surface area contributed by atoms with Gasteiger partial charge in [-0.2, -0.15) is 9.97 Å². The van der Waals surface area contributed by atoms with Gasteiger partial charge in [-0.1, -0.05) is 17.7 Å². The Hall–Kier alpha value is -2.86. The molecule has 1 atom stereocenters. The van der Waals surface area contributed by atoms with E-state index in [2.05, 4.69) is 10.6 Å². The van der Waals surface area contributed by atoms with Crippen molar-refractivity contribution in [2.24, 2.45) is 0 Å². The largest absolute Gasteiger partial charge is 0.495 e. The predicted octanol–water partition coefficient (Wildman–Crippen LogP) is 2.45. The summed E-state index contributed by atoms with van der Waals surface area (Å²) in [6.45, 7) is 1.59. The molecule has 4 N–H and O–H groups in total. The van der Waals surface area contributed by atoms with Crippen molar-refractivity contribution in [2.45, 2.75) is 50.5 Å². The molecule has 0 bridgehead atoms. The van der Waals surface area contributed by atoms with Gasteiger partial charge in [0.25, 0.3) is 0 Å². The van der Waals surface area contributed by atoms with Crippen LogP contribution in [-0.4, -0.2) is 84.9 Å². The summed E-state index contributed by atoms with van der Waals surface area (Å²) in [5, 5.41) is 26.7. The fraction of sp³-hybridized carbons (Fsp3) is 0.560. The number of carbonyl (C=O) groups excluding carboxylic acids is 1. The van der Waals surface area contributed by atoms with Crippen LogP contribution in [0.2, 0.25) is 5.02 Å². The summed E-state index contributed by atoms with van der Waals surface area (Å²) in [5.74, 6) is 1.08. The van der Waals surface area contributed by atoms with E-state index in [-0.39, 0.29) is 30.4 Å². The Bertz CT molecular complexity index is 1080. The first kappa shape index (κ1) is 27.2. The number of halogens is 1. The fourth-order valence-electron chi connectivity index (χ4n) is 4.55. The van der Waals surface area contributed by atoms with Crippen LogP contribution in [0.5, 0.6) is 5.75 Å². The van der Waals surface area contributed by atoms with Crippen LogP contribution in [0.1, 0.15) is 41.6 Å². The van der Waals surface area contributed by atoms with Gasteiger partial charge >= 0.3 is 5.97 Å². The van der Waals surface area contributed by atoms with Gasteiger partial charge in [0.2, 0.25) is 5.95 Å². The number of ether oxygens (including phenoxy) is 3. The highest BCUT2D eigenvalue weighted by Gasteiger charge is 2.29. The molecule has 1 aliphatic carbocycles. The normalized spacial score (nSPS) is 21.9. The van der Waals surface area contributed by atoms with Gasteiger partial charge in [-0.3, -0.25) is 0 Å². The summed E-state index contributed by atoms with van der Waals surface area (Å²) in [4.78, 5) is 24.3. The Morgan fingerprint density at radius 1 is 1.22 bits per heavy atom. The number of morpholine rings is 1. The Morgan fingerprint density at radius 2 is 1.97 bits per heavy atom. The minimum Gasteiger partial charge on any atom is -0.495 e. The van der Waals surface area contributed by atoms with Gasteiger partial charge in [0.15, 0.2) is 0 Å². The third-order valence-corrected chi connectivity index (χ3v) is 6.92. The van der Waals surface area contributed by atoms with Crippen LogP contribution in [0, 0.1) is 0 Å². The molecule has 1 saturated heterocycles. The molecule has 2 aliphatic rings. The minimum absolute atomic E-state index is 0.0395. The number of nitrogens with zero attached hydrogens (tertiary/aromatic N) is 3. The highest BCUT2D eigenvalue weighted by Crippen LogP contribution is 2.31. The van der Waals surface area contributed by atoms with Gasteiger partial charge in [0.1, 0.15) is 22.9 Å². The molecule has 11 nitrogen and oxygen atoms in total. The van der Waals surface area contributed by atoms with Crippen LogP contribution in [0.3, 0.4) is 0 Å². The zero-order chi connectivity index (χ0) is 26.4. The molecule has 12 heteroatoms. The number of hydrogen-bond donors (Lipinski definition) is 4. The summed E-state index contributed by atoms with van der Waals surface area (Å²) in [6.07, 6.45) is 2.18. The van der Waals surface area contributed by atoms with Crippen molar-refractivity contribution in [3.05, 3.63) is 34.3 Å². The third kappa shape index (κ3) is 6.72. The molecule has 4 rings (SSSR count). The average molecular weight is 536 g/mol. The molecular weight excluding hydrogens is 502 g/mol. The Labute approximate surface area is 221 Å². The smallest absolute Gasteiger partial charge is 0.345 e. The van der Waals surface area contributed by atoms with Crippen LogP contribution in [0.15, 0.2) is 18.2 Å². The number of esters is 1. The van der Waals surface area contributed by atoms with E-state index in [1.165, 1.54) is 7.11 Å². The lowest BCUT2D eigenvalue weighted by Crippen LogP contribution is -2.45.